The number of benzene rings is 2. The van der Waals surface area contributed by atoms with Crippen molar-refractivity contribution in [1.29, 1.82) is 0 Å². The van der Waals surface area contributed by atoms with Gasteiger partial charge < -0.3 is 4.90 Å². The van der Waals surface area contributed by atoms with Crippen LogP contribution in [0.5, 0.6) is 0 Å². The Morgan fingerprint density at radius 3 is 2.15 bits per heavy atom. The maximum atomic E-state index is 12.1. The Labute approximate surface area is 158 Å². The lowest BCUT2D eigenvalue weighted by Crippen LogP contribution is -2.28. The van der Waals surface area contributed by atoms with Crippen LogP contribution in [0.2, 0.25) is 0 Å². The van der Waals surface area contributed by atoms with Crippen molar-refractivity contribution >= 4 is 9.84 Å². The van der Waals surface area contributed by atoms with Crippen LogP contribution in [0.1, 0.15) is 38.7 Å². The molecule has 0 N–H and O–H groups in total. The van der Waals surface area contributed by atoms with Crippen LogP contribution in [0.4, 0.5) is 0 Å². The molecule has 26 heavy (non-hydrogen) atoms. The second-order valence-corrected chi connectivity index (χ2v) is 9.43. The highest BCUT2D eigenvalue weighted by atomic mass is 32.2. The molecule has 3 rings (SSSR count). The zero-order chi connectivity index (χ0) is 18.6. The van der Waals surface area contributed by atoms with Crippen LogP contribution in [-0.4, -0.2) is 38.2 Å². The van der Waals surface area contributed by atoms with Crippen LogP contribution in [0.3, 0.4) is 0 Å². The molecule has 1 aliphatic rings. The minimum atomic E-state index is -3.14. The summed E-state index contributed by atoms with van der Waals surface area (Å²) in [5.41, 5.74) is 3.54. The van der Waals surface area contributed by atoms with Crippen molar-refractivity contribution in [2.24, 2.45) is 0 Å². The number of nitrogens with zero attached hydrogens (tertiary/aromatic N) is 1. The quantitative estimate of drug-likeness (QED) is 0.716. The Morgan fingerprint density at radius 2 is 1.62 bits per heavy atom. The predicted octanol–water partition coefficient (Wildman–Crippen LogP) is 4.56. The standard InChI is InChI=1S/C22H29NO2S/c1-3-17-26(24,25)22-12-10-21(11-13-22)20-8-6-19(7-9-20)14-16-23-15-4-5-18(23)2/h6-13,18H,3-5,14-17H2,1-2H3. The molecule has 1 unspecified atom stereocenters. The first-order valence-corrected chi connectivity index (χ1v) is 11.3. The van der Waals surface area contributed by atoms with E-state index >= 15 is 0 Å². The fourth-order valence-corrected chi connectivity index (χ4v) is 5.03. The first kappa shape index (κ1) is 19.1. The normalized spacial score (nSPS) is 18.3. The van der Waals surface area contributed by atoms with Crippen molar-refractivity contribution < 1.29 is 8.42 Å². The second kappa shape index (κ2) is 8.36. The van der Waals surface area contributed by atoms with Gasteiger partial charge in [-0.15, -0.1) is 0 Å². The lowest BCUT2D eigenvalue weighted by molar-refractivity contribution is 0.272. The highest BCUT2D eigenvalue weighted by molar-refractivity contribution is 7.91. The summed E-state index contributed by atoms with van der Waals surface area (Å²) in [5, 5.41) is 0. The molecule has 1 heterocycles. The van der Waals surface area contributed by atoms with Crippen molar-refractivity contribution in [2.45, 2.75) is 50.5 Å². The van der Waals surface area contributed by atoms with Gasteiger partial charge in [0.2, 0.25) is 0 Å². The molecule has 0 aromatic heterocycles. The molecule has 140 valence electrons. The van der Waals surface area contributed by atoms with Crippen LogP contribution in [0, 0.1) is 0 Å². The average Bonchev–Trinajstić information content (AvgIpc) is 3.05. The zero-order valence-electron chi connectivity index (χ0n) is 15.8. The molecule has 1 saturated heterocycles. The summed E-state index contributed by atoms with van der Waals surface area (Å²) in [6.07, 6.45) is 4.37. The molecule has 0 amide bonds. The first-order chi connectivity index (χ1) is 12.5. The summed E-state index contributed by atoms with van der Waals surface area (Å²) in [6, 6.07) is 16.6. The molecular weight excluding hydrogens is 342 g/mol. The van der Waals surface area contributed by atoms with E-state index in [2.05, 4.69) is 36.1 Å². The Bertz CT molecular complexity index is 810. The van der Waals surface area contributed by atoms with E-state index in [0.717, 1.165) is 30.1 Å². The molecule has 0 spiro atoms. The lowest BCUT2D eigenvalue weighted by atomic mass is 10.0. The molecule has 1 aliphatic heterocycles. The highest BCUT2D eigenvalue weighted by Gasteiger charge is 2.19. The van der Waals surface area contributed by atoms with Crippen LogP contribution < -0.4 is 0 Å². The number of hydrogen-bond acceptors (Lipinski definition) is 3. The summed E-state index contributed by atoms with van der Waals surface area (Å²) in [7, 11) is -3.14. The van der Waals surface area contributed by atoms with Crippen molar-refractivity contribution in [2.75, 3.05) is 18.8 Å². The van der Waals surface area contributed by atoms with Gasteiger partial charge in [0.05, 0.1) is 10.6 Å². The third-order valence-electron chi connectivity index (χ3n) is 5.35. The Kier molecular flexibility index (Phi) is 6.15. The van der Waals surface area contributed by atoms with E-state index in [1.807, 2.05) is 19.1 Å². The number of sulfone groups is 1. The molecule has 4 heteroatoms. The zero-order valence-corrected chi connectivity index (χ0v) is 16.6. The molecule has 0 aliphatic carbocycles. The Morgan fingerprint density at radius 1 is 1.00 bits per heavy atom. The molecule has 2 aromatic rings. The fraction of sp³-hybridized carbons (Fsp3) is 0.455. The summed E-state index contributed by atoms with van der Waals surface area (Å²) in [4.78, 5) is 2.99. The number of rotatable bonds is 7. The predicted molar refractivity (Wildman–Crippen MR) is 108 cm³/mol. The Hall–Kier alpha value is -1.65. The van der Waals surface area contributed by atoms with Crippen LogP contribution >= 0.6 is 0 Å². The van der Waals surface area contributed by atoms with E-state index in [-0.39, 0.29) is 5.75 Å². The van der Waals surface area contributed by atoms with E-state index in [9.17, 15) is 8.42 Å². The number of hydrogen-bond donors (Lipinski definition) is 0. The molecule has 1 fully saturated rings. The van der Waals surface area contributed by atoms with Gasteiger partial charge in [0.15, 0.2) is 9.84 Å². The SMILES string of the molecule is CCCS(=O)(=O)c1ccc(-c2ccc(CCN3CCCC3C)cc2)cc1. The van der Waals surface area contributed by atoms with E-state index in [1.165, 1.54) is 24.9 Å². The second-order valence-electron chi connectivity index (χ2n) is 7.32. The lowest BCUT2D eigenvalue weighted by Gasteiger charge is -2.20. The fourth-order valence-electron chi connectivity index (χ4n) is 3.70. The molecule has 1 atom stereocenters. The number of likely N-dealkylation sites (tertiary alicyclic amines) is 1. The summed E-state index contributed by atoms with van der Waals surface area (Å²) < 4.78 is 24.2. The third kappa shape index (κ3) is 4.54. The summed E-state index contributed by atoms with van der Waals surface area (Å²) in [5.74, 6) is 0.205. The van der Waals surface area contributed by atoms with Gasteiger partial charge in [0, 0.05) is 12.6 Å². The van der Waals surface area contributed by atoms with Gasteiger partial charge in [-0.05, 0) is 68.0 Å². The molecule has 0 radical (unpaired) electrons. The summed E-state index contributed by atoms with van der Waals surface area (Å²) in [6.45, 7) is 6.56. The van der Waals surface area contributed by atoms with Gasteiger partial charge in [0.1, 0.15) is 0 Å². The molecule has 3 nitrogen and oxygen atoms in total. The van der Waals surface area contributed by atoms with Crippen LogP contribution in [0.15, 0.2) is 53.4 Å². The molecule has 0 saturated carbocycles. The van der Waals surface area contributed by atoms with Crippen molar-refractivity contribution in [3.05, 3.63) is 54.1 Å². The smallest absolute Gasteiger partial charge is 0.178 e. The highest BCUT2D eigenvalue weighted by Crippen LogP contribution is 2.23. The van der Waals surface area contributed by atoms with Gasteiger partial charge in [0.25, 0.3) is 0 Å². The maximum Gasteiger partial charge on any atom is 0.178 e. The van der Waals surface area contributed by atoms with E-state index in [0.29, 0.717) is 11.3 Å². The van der Waals surface area contributed by atoms with Gasteiger partial charge in [-0.3, -0.25) is 0 Å². The molecule has 2 aromatic carbocycles. The third-order valence-corrected chi connectivity index (χ3v) is 7.29. The molecular formula is C22H29NO2S. The van der Waals surface area contributed by atoms with Gasteiger partial charge in [-0.25, -0.2) is 8.42 Å². The largest absolute Gasteiger partial charge is 0.300 e. The minimum absolute atomic E-state index is 0.205. The van der Waals surface area contributed by atoms with E-state index in [1.54, 1.807) is 12.1 Å². The van der Waals surface area contributed by atoms with Crippen LogP contribution in [-0.2, 0) is 16.3 Å². The Balaban J connectivity index is 1.64. The van der Waals surface area contributed by atoms with Gasteiger partial charge in [-0.1, -0.05) is 43.3 Å². The van der Waals surface area contributed by atoms with E-state index in [4.69, 9.17) is 0 Å². The monoisotopic (exact) mass is 371 g/mol. The van der Waals surface area contributed by atoms with Gasteiger partial charge in [-0.2, -0.15) is 0 Å². The van der Waals surface area contributed by atoms with Crippen molar-refractivity contribution in [3.8, 4) is 11.1 Å². The van der Waals surface area contributed by atoms with Crippen molar-refractivity contribution in [3.63, 3.8) is 0 Å². The van der Waals surface area contributed by atoms with Crippen LogP contribution in [0.25, 0.3) is 11.1 Å². The minimum Gasteiger partial charge on any atom is -0.300 e. The van der Waals surface area contributed by atoms with E-state index < -0.39 is 9.84 Å². The summed E-state index contributed by atoms with van der Waals surface area (Å²) >= 11 is 0. The van der Waals surface area contributed by atoms with Crippen molar-refractivity contribution in [1.82, 2.24) is 4.90 Å². The maximum absolute atomic E-state index is 12.1. The topological polar surface area (TPSA) is 37.4 Å². The average molecular weight is 372 g/mol. The molecule has 0 bridgehead atoms. The first-order valence-electron chi connectivity index (χ1n) is 9.66. The van der Waals surface area contributed by atoms with Gasteiger partial charge >= 0.3 is 0 Å².